The van der Waals surface area contributed by atoms with E-state index >= 15 is 0 Å². The average molecular weight is 1970 g/mol. The van der Waals surface area contributed by atoms with Crippen molar-refractivity contribution in [1.82, 2.24) is 98.1 Å². The number of fused-ring (bicyclic) bond motifs is 7. The Morgan fingerprint density at radius 1 is 0.338 bits per heavy atom. The fourth-order valence-electron chi connectivity index (χ4n) is 25.4. The Kier molecular flexibility index (Phi) is 28.7. The normalized spacial score (nSPS) is 21.0. The minimum Gasteiger partial charge on any atom is -0.354 e. The third kappa shape index (κ3) is 20.2. The van der Waals surface area contributed by atoms with Gasteiger partial charge in [0, 0.05) is 189 Å². The summed E-state index contributed by atoms with van der Waals surface area (Å²) in [5.41, 5.74) is 6.57. The van der Waals surface area contributed by atoms with Crippen molar-refractivity contribution in [1.29, 1.82) is 0 Å². The lowest BCUT2D eigenvalue weighted by Gasteiger charge is -2.43. The number of nitrogens with zero attached hydrogens (tertiary/aromatic N) is 23. The number of anilines is 12. The summed E-state index contributed by atoms with van der Waals surface area (Å²) in [6.07, 6.45) is 47.3. The van der Waals surface area contributed by atoms with Crippen LogP contribution in [-0.4, -0.2) is 238 Å². The molecule has 11 aliphatic rings. The van der Waals surface area contributed by atoms with Gasteiger partial charge in [-0.3, -0.25) is 48.2 Å². The van der Waals surface area contributed by atoms with Crippen LogP contribution in [0.25, 0.3) is 43.6 Å². The van der Waals surface area contributed by atoms with Crippen LogP contribution in [0.1, 0.15) is 283 Å². The lowest BCUT2D eigenvalue weighted by atomic mass is 9.97. The molecule has 19 heterocycles. The summed E-state index contributed by atoms with van der Waals surface area (Å²) in [6.45, 7) is 29.0. The Balaban J connectivity index is 0.000000118. The van der Waals surface area contributed by atoms with Crippen LogP contribution in [-0.2, 0) is 0 Å². The van der Waals surface area contributed by atoms with Crippen LogP contribution in [0.2, 0.25) is 0 Å². The van der Waals surface area contributed by atoms with E-state index in [4.69, 9.17) is 4.98 Å². The standard InChI is InChI=1S/C29H37N7O2.2C27H33N7O2.C26H33N7O2/c1-17(2)35-21-9-10-22(35)16-34(15-21)27-14-31-26(13-32-27)33-25-11-24-23(12-30-25)18(3)28(19(4)37)29(38)36(24)20-7-5-6-8-20;1-17-20-13-28-22(12-21(20)34(19-6-3-4-7-19)26(36)25(17)18(2)35)32-23-14-30-24(15-29-23)33-11-9-27(16-33)8-5-10-31-27;1-17-21-13-28-23(12-22(21)34(19-6-3-4-7-19)27(36)26(17)18(2)35)31-24-14-30-25(15-29-24)33-11-10-32-9-5-8-20(32)16-33;1-16-20-12-27-22(11-21(20)33(18-7-5-6-8-18)26(35)25(16)17(2)34)30-23-13-29-24(14-28-23)32-10-9-19(15-32)31(3)4/h11-14,17,20-22H,5-10,15-16H2,1-4H3,(H,30,31,33);12-15,19,31H,3-11,16H2,1-2H3,(H,28,29,32);12-15,19-20H,3-11,16H2,1-2H3,(H,28,29,31);11-14,18-19H,5-10,15H2,1-4H3,(H,27,28,30). The number of likely N-dealkylation sites (N-methyl/N-ethyl adjacent to an activating group) is 1. The summed E-state index contributed by atoms with van der Waals surface area (Å²) in [5, 5.41) is 20.1. The lowest BCUT2D eigenvalue weighted by molar-refractivity contribution is 0.100. The second-order valence-electron chi connectivity index (χ2n) is 42.5. The van der Waals surface area contributed by atoms with Gasteiger partial charge in [-0.05, 0) is 221 Å². The van der Waals surface area contributed by atoms with Gasteiger partial charge in [0.2, 0.25) is 0 Å². The first-order valence-corrected chi connectivity index (χ1v) is 52.6. The number of carbonyl (C=O) groups is 4. The predicted octanol–water partition coefficient (Wildman–Crippen LogP) is 16.0. The van der Waals surface area contributed by atoms with Gasteiger partial charge < -0.3 is 69.4 Å². The number of ketones is 4. The van der Waals surface area contributed by atoms with E-state index in [1.807, 2.05) is 88.8 Å². The lowest BCUT2D eigenvalue weighted by Crippen LogP contribution is -2.56. The van der Waals surface area contributed by atoms with Crippen molar-refractivity contribution < 1.29 is 19.2 Å². The van der Waals surface area contributed by atoms with Gasteiger partial charge in [0.05, 0.1) is 93.9 Å². The molecular weight excluding hydrogens is 1830 g/mol. The molecule has 5 unspecified atom stereocenters. The molecule has 36 nitrogen and oxygen atoms in total. The molecule has 4 aliphatic carbocycles. The molecule has 2 bridgehead atoms. The Morgan fingerprint density at radius 3 is 0.972 bits per heavy atom. The van der Waals surface area contributed by atoms with E-state index in [1.165, 1.54) is 72.8 Å². The molecule has 145 heavy (non-hydrogen) atoms. The number of pyridine rings is 8. The van der Waals surface area contributed by atoms with Gasteiger partial charge in [-0.15, -0.1) is 0 Å². The van der Waals surface area contributed by atoms with Crippen LogP contribution in [0, 0.1) is 27.7 Å². The number of hydrogen-bond donors (Lipinski definition) is 5. The molecule has 0 aromatic carbocycles. The highest BCUT2D eigenvalue weighted by molar-refractivity contribution is 6.03. The summed E-state index contributed by atoms with van der Waals surface area (Å²) in [5.74, 6) is 7.58. The molecular formula is C109H136N28O8. The van der Waals surface area contributed by atoms with Crippen molar-refractivity contribution in [3.05, 3.63) is 185 Å². The summed E-state index contributed by atoms with van der Waals surface area (Å²) >= 11 is 0. The first kappa shape index (κ1) is 99.0. The number of piperazine rings is 2. The van der Waals surface area contributed by atoms with Gasteiger partial charge in [-0.25, -0.2) is 59.8 Å². The Bertz CT molecular complexity index is 6960. The van der Waals surface area contributed by atoms with E-state index in [1.54, 1.807) is 55.8 Å². The van der Waals surface area contributed by atoms with Gasteiger partial charge in [0.25, 0.3) is 22.2 Å². The molecule has 4 saturated carbocycles. The first-order valence-electron chi connectivity index (χ1n) is 52.6. The van der Waals surface area contributed by atoms with E-state index in [2.05, 4.69) is 144 Å². The summed E-state index contributed by atoms with van der Waals surface area (Å²) in [6, 6.07) is 10.9. The predicted molar refractivity (Wildman–Crippen MR) is 568 cm³/mol. The highest BCUT2D eigenvalue weighted by Gasteiger charge is 2.44. The fourth-order valence-corrected chi connectivity index (χ4v) is 25.4. The van der Waals surface area contributed by atoms with E-state index in [0.29, 0.717) is 99.0 Å². The molecule has 36 heteroatoms. The Morgan fingerprint density at radius 2 is 0.662 bits per heavy atom. The number of nitrogens with one attached hydrogen (secondary N) is 5. The van der Waals surface area contributed by atoms with Gasteiger partial charge in [-0.1, -0.05) is 51.4 Å². The molecule has 12 aromatic heterocycles. The Labute approximate surface area is 843 Å². The molecule has 7 saturated heterocycles. The van der Waals surface area contributed by atoms with Gasteiger partial charge in [-0.2, -0.15) is 0 Å². The van der Waals surface area contributed by atoms with Crippen molar-refractivity contribution in [3.63, 3.8) is 0 Å². The van der Waals surface area contributed by atoms with Gasteiger partial charge >= 0.3 is 0 Å². The summed E-state index contributed by atoms with van der Waals surface area (Å²) in [4.78, 5) is 175. The third-order valence-corrected chi connectivity index (χ3v) is 32.8. The number of aromatic nitrogens is 16. The monoisotopic (exact) mass is 1970 g/mol. The van der Waals surface area contributed by atoms with E-state index < -0.39 is 0 Å². The average Bonchev–Trinajstić information content (AvgIpc) is 1.29. The maximum absolute atomic E-state index is 13.5. The summed E-state index contributed by atoms with van der Waals surface area (Å²) < 4.78 is 7.31. The highest BCUT2D eigenvalue weighted by Crippen LogP contribution is 2.42. The van der Waals surface area contributed by atoms with Crippen LogP contribution < -0.4 is 68.4 Å². The topological polar surface area (TPSA) is 394 Å². The second-order valence-corrected chi connectivity index (χ2v) is 42.5. The number of aryl methyl sites for hydroxylation is 4. The molecule has 5 atom stereocenters. The smallest absolute Gasteiger partial charge is 0.262 e. The van der Waals surface area contributed by atoms with Crippen LogP contribution >= 0.6 is 0 Å². The second kappa shape index (κ2) is 42.0. The molecule has 0 amide bonds. The maximum atomic E-state index is 13.5. The van der Waals surface area contributed by atoms with Crippen molar-refractivity contribution in [3.8, 4) is 0 Å². The Hall–Kier alpha value is -13.3. The number of rotatable bonds is 22. The maximum Gasteiger partial charge on any atom is 0.262 e. The summed E-state index contributed by atoms with van der Waals surface area (Å²) in [7, 11) is 4.22. The largest absolute Gasteiger partial charge is 0.354 e. The van der Waals surface area contributed by atoms with Crippen LogP contribution in [0.5, 0.6) is 0 Å². The number of Topliss-reactive ketones (excluding diaryl/α,β-unsaturated/α-hetero) is 4. The van der Waals surface area contributed by atoms with E-state index in [-0.39, 0.29) is 97.3 Å². The highest BCUT2D eigenvalue weighted by atomic mass is 16.2. The van der Waals surface area contributed by atoms with Crippen molar-refractivity contribution >= 4 is 137 Å². The third-order valence-electron chi connectivity index (χ3n) is 32.8. The minimum atomic E-state index is -0.200. The van der Waals surface area contributed by atoms with E-state index in [9.17, 15) is 38.4 Å². The molecule has 1 spiro atoms. The fraction of sp³-hybridized carbons (Fsp3) is 0.523. The zero-order valence-electron chi connectivity index (χ0n) is 85.7. The molecule has 0 radical (unpaired) electrons. The van der Waals surface area contributed by atoms with Crippen molar-refractivity contribution in [2.24, 2.45) is 0 Å². The van der Waals surface area contributed by atoms with Crippen molar-refractivity contribution in [2.45, 2.75) is 283 Å². The SMILES string of the molecule is CC(=O)c1c(C)c2cnc(Nc3cnc(N4CC5CCC(C4)N5C(C)C)cn3)cc2n(C2CCCC2)c1=O.CC(=O)c1c(C)c2cnc(Nc3cnc(N4CCC(N(C)C)C4)cn3)cc2n(C2CCCC2)c1=O.CC(=O)c1c(C)c2cnc(Nc3cnc(N4CCC5(CCCN5)C4)cn3)cc2n(C2CCCC2)c1=O.CC(=O)c1c(C)c2cnc(Nc3cnc(N4CCN5CCCC5C4)cn3)cc2n(C2CCCC2)c1=O. The van der Waals surface area contributed by atoms with Gasteiger partial charge in [0.15, 0.2) is 23.1 Å². The van der Waals surface area contributed by atoms with Crippen molar-refractivity contribution in [2.75, 3.05) is 127 Å². The number of hydrogen-bond acceptors (Lipinski definition) is 32. The molecule has 5 N–H and O–H groups in total. The van der Waals surface area contributed by atoms with Crippen LogP contribution in [0.3, 0.4) is 0 Å². The van der Waals surface area contributed by atoms with Gasteiger partial charge in [0.1, 0.15) is 69.8 Å². The van der Waals surface area contributed by atoms with E-state index in [0.717, 1.165) is 248 Å². The zero-order chi connectivity index (χ0) is 101. The minimum absolute atomic E-state index is 0.101. The molecule has 12 aromatic rings. The molecule has 760 valence electrons. The molecule has 11 fully saturated rings. The number of carbonyl (C=O) groups excluding carboxylic acids is 4. The quantitative estimate of drug-likeness (QED) is 0.0393. The zero-order valence-corrected chi connectivity index (χ0v) is 85.7. The van der Waals surface area contributed by atoms with Crippen LogP contribution in [0.15, 0.2) is 118 Å². The first-order chi connectivity index (χ1) is 70.1. The molecule has 23 rings (SSSR count). The van der Waals surface area contributed by atoms with Crippen LogP contribution in [0.4, 0.5) is 69.8 Å². The molecule has 7 aliphatic heterocycles.